The minimum absolute atomic E-state index is 0.327. The Labute approximate surface area is 113 Å². The van der Waals surface area contributed by atoms with Gasteiger partial charge in [0.05, 0.1) is 4.90 Å². The fourth-order valence-electron chi connectivity index (χ4n) is 2.33. The lowest BCUT2D eigenvalue weighted by Gasteiger charge is -2.34. The molecule has 102 valence electrons. The number of nitrogens with one attached hydrogen (secondary N) is 2. The molecule has 18 heavy (non-hydrogen) atoms. The minimum atomic E-state index is -3.40. The molecule has 1 fully saturated rings. The number of hydrogen-bond acceptors (Lipinski definition) is 4. The molecule has 0 bridgehead atoms. The maximum atomic E-state index is 12.4. The van der Waals surface area contributed by atoms with Gasteiger partial charge >= 0.3 is 0 Å². The number of rotatable bonds is 3. The predicted molar refractivity (Wildman–Crippen MR) is 74.6 cm³/mol. The van der Waals surface area contributed by atoms with Crippen LogP contribution in [0.1, 0.15) is 29.5 Å². The van der Waals surface area contributed by atoms with Crippen LogP contribution in [0.25, 0.3) is 0 Å². The first-order valence-corrected chi connectivity index (χ1v) is 8.44. The van der Waals surface area contributed by atoms with Crippen molar-refractivity contribution in [1.29, 1.82) is 0 Å². The van der Waals surface area contributed by atoms with Crippen LogP contribution in [-0.2, 0) is 10.0 Å². The van der Waals surface area contributed by atoms with Crippen LogP contribution in [0.4, 0.5) is 0 Å². The first kappa shape index (κ1) is 14.0. The Morgan fingerprint density at radius 3 is 2.44 bits per heavy atom. The van der Waals surface area contributed by atoms with Crippen LogP contribution < -0.4 is 10.0 Å². The minimum Gasteiger partial charge on any atom is -0.317 e. The molecule has 0 saturated carbocycles. The molecule has 1 aromatic rings. The summed E-state index contributed by atoms with van der Waals surface area (Å²) in [4.78, 5) is 2.32. The van der Waals surface area contributed by atoms with Crippen LogP contribution >= 0.6 is 11.3 Å². The Hall–Kier alpha value is -0.430. The van der Waals surface area contributed by atoms with E-state index in [-0.39, 0.29) is 5.54 Å². The topological polar surface area (TPSA) is 58.2 Å². The molecule has 1 aromatic heterocycles. The predicted octanol–water partition coefficient (Wildman–Crippen LogP) is 1.79. The third-order valence-corrected chi connectivity index (χ3v) is 6.23. The van der Waals surface area contributed by atoms with Crippen molar-refractivity contribution in [2.24, 2.45) is 0 Å². The fraction of sp³-hybridized carbons (Fsp3) is 0.667. The summed E-state index contributed by atoms with van der Waals surface area (Å²) in [7, 11) is -3.40. The van der Waals surface area contributed by atoms with Crippen LogP contribution in [0.5, 0.6) is 0 Å². The molecular formula is C12H20N2O2S2. The normalized spacial score (nSPS) is 19.9. The van der Waals surface area contributed by atoms with Gasteiger partial charge in [-0.25, -0.2) is 13.1 Å². The van der Waals surface area contributed by atoms with E-state index in [0.717, 1.165) is 35.7 Å². The first-order chi connectivity index (χ1) is 8.32. The highest BCUT2D eigenvalue weighted by Gasteiger charge is 2.33. The zero-order valence-electron chi connectivity index (χ0n) is 11.0. The molecule has 2 rings (SSSR count). The average molecular weight is 288 g/mol. The molecule has 0 radical (unpaired) electrons. The van der Waals surface area contributed by atoms with Gasteiger partial charge in [0.1, 0.15) is 0 Å². The van der Waals surface area contributed by atoms with Gasteiger partial charge in [0, 0.05) is 15.3 Å². The highest BCUT2D eigenvalue weighted by Crippen LogP contribution is 2.27. The van der Waals surface area contributed by atoms with Crippen LogP contribution in [0.3, 0.4) is 0 Å². The van der Waals surface area contributed by atoms with E-state index >= 15 is 0 Å². The van der Waals surface area contributed by atoms with E-state index in [2.05, 4.69) is 10.0 Å². The van der Waals surface area contributed by atoms with Gasteiger partial charge in [0.2, 0.25) is 10.0 Å². The Morgan fingerprint density at radius 1 is 1.33 bits per heavy atom. The van der Waals surface area contributed by atoms with Gasteiger partial charge in [0.15, 0.2) is 0 Å². The number of aryl methyl sites for hydroxylation is 2. The molecule has 0 amide bonds. The molecule has 1 aliphatic heterocycles. The summed E-state index contributed by atoms with van der Waals surface area (Å²) in [5.74, 6) is 0. The lowest BCUT2D eigenvalue weighted by Crippen LogP contribution is -2.52. The van der Waals surface area contributed by atoms with Crippen molar-refractivity contribution < 1.29 is 8.42 Å². The third-order valence-electron chi connectivity index (χ3n) is 3.37. The standard InChI is InChI=1S/C12H20N2O2S2/c1-9-8-11(10(2)17-9)18(15,16)14-12(3)4-6-13-7-5-12/h8,13-14H,4-7H2,1-3H3. The van der Waals surface area contributed by atoms with E-state index in [1.165, 1.54) is 11.3 Å². The maximum Gasteiger partial charge on any atom is 0.242 e. The SMILES string of the molecule is Cc1cc(S(=O)(=O)NC2(C)CCNCC2)c(C)s1. The second-order valence-electron chi connectivity index (χ2n) is 5.19. The van der Waals surface area contributed by atoms with Gasteiger partial charge in [-0.15, -0.1) is 11.3 Å². The molecule has 0 spiro atoms. The van der Waals surface area contributed by atoms with Crippen molar-refractivity contribution >= 4 is 21.4 Å². The van der Waals surface area contributed by atoms with Gasteiger partial charge in [0.25, 0.3) is 0 Å². The summed E-state index contributed by atoms with van der Waals surface area (Å²) in [6.45, 7) is 7.50. The third kappa shape index (κ3) is 2.93. The largest absolute Gasteiger partial charge is 0.317 e. The maximum absolute atomic E-state index is 12.4. The zero-order chi connectivity index (χ0) is 13.4. The molecule has 0 atom stereocenters. The van der Waals surface area contributed by atoms with Crippen LogP contribution in [0.15, 0.2) is 11.0 Å². The summed E-state index contributed by atoms with van der Waals surface area (Å²) in [5.41, 5.74) is -0.327. The van der Waals surface area contributed by atoms with Crippen molar-refractivity contribution in [3.8, 4) is 0 Å². The van der Waals surface area contributed by atoms with E-state index in [9.17, 15) is 8.42 Å². The van der Waals surface area contributed by atoms with Crippen molar-refractivity contribution in [3.05, 3.63) is 15.8 Å². The second kappa shape index (κ2) is 4.92. The molecule has 1 saturated heterocycles. The second-order valence-corrected chi connectivity index (χ2v) is 8.30. The first-order valence-electron chi connectivity index (χ1n) is 6.14. The number of hydrogen-bond donors (Lipinski definition) is 2. The zero-order valence-corrected chi connectivity index (χ0v) is 12.7. The average Bonchev–Trinajstić information content (AvgIpc) is 2.58. The van der Waals surface area contributed by atoms with Gasteiger partial charge in [-0.05, 0) is 52.8 Å². The van der Waals surface area contributed by atoms with E-state index in [4.69, 9.17) is 0 Å². The van der Waals surface area contributed by atoms with E-state index in [1.54, 1.807) is 6.07 Å². The van der Waals surface area contributed by atoms with Crippen molar-refractivity contribution in [3.63, 3.8) is 0 Å². The number of piperidine rings is 1. The van der Waals surface area contributed by atoms with Crippen LogP contribution in [0, 0.1) is 13.8 Å². The van der Waals surface area contributed by atoms with Crippen molar-refractivity contribution in [1.82, 2.24) is 10.0 Å². The lowest BCUT2D eigenvalue weighted by atomic mass is 9.92. The Bertz CT molecular complexity index is 528. The van der Waals surface area contributed by atoms with Crippen LogP contribution in [-0.4, -0.2) is 27.0 Å². The summed E-state index contributed by atoms with van der Waals surface area (Å²) >= 11 is 1.53. The smallest absolute Gasteiger partial charge is 0.242 e. The summed E-state index contributed by atoms with van der Waals surface area (Å²) in [6.07, 6.45) is 1.66. The van der Waals surface area contributed by atoms with Crippen molar-refractivity contribution in [2.45, 2.75) is 44.0 Å². The molecule has 0 aromatic carbocycles. The molecule has 6 heteroatoms. The van der Waals surface area contributed by atoms with E-state index in [0.29, 0.717) is 4.90 Å². The number of sulfonamides is 1. The fourth-order valence-corrected chi connectivity index (χ4v) is 5.36. The molecule has 0 aliphatic carbocycles. The van der Waals surface area contributed by atoms with Crippen molar-refractivity contribution in [2.75, 3.05) is 13.1 Å². The molecule has 4 nitrogen and oxygen atoms in total. The van der Waals surface area contributed by atoms with Gasteiger partial charge in [-0.3, -0.25) is 0 Å². The molecule has 0 unspecified atom stereocenters. The van der Waals surface area contributed by atoms with E-state index < -0.39 is 10.0 Å². The highest BCUT2D eigenvalue weighted by molar-refractivity contribution is 7.89. The van der Waals surface area contributed by atoms with Crippen LogP contribution in [0.2, 0.25) is 0 Å². The van der Waals surface area contributed by atoms with Gasteiger partial charge in [-0.2, -0.15) is 0 Å². The number of thiophene rings is 1. The van der Waals surface area contributed by atoms with Gasteiger partial charge < -0.3 is 5.32 Å². The highest BCUT2D eigenvalue weighted by atomic mass is 32.2. The summed E-state index contributed by atoms with van der Waals surface area (Å²) < 4.78 is 27.7. The molecular weight excluding hydrogens is 268 g/mol. The quantitative estimate of drug-likeness (QED) is 0.891. The Morgan fingerprint density at radius 2 is 1.94 bits per heavy atom. The van der Waals surface area contributed by atoms with E-state index in [1.807, 2.05) is 20.8 Å². The summed E-state index contributed by atoms with van der Waals surface area (Å²) in [5, 5.41) is 3.25. The van der Waals surface area contributed by atoms with Gasteiger partial charge in [-0.1, -0.05) is 0 Å². The summed E-state index contributed by atoms with van der Waals surface area (Å²) in [6, 6.07) is 1.76. The Kier molecular flexibility index (Phi) is 3.82. The molecule has 2 heterocycles. The molecule has 1 aliphatic rings. The Balaban J connectivity index is 2.24. The molecule has 2 N–H and O–H groups in total. The lowest BCUT2D eigenvalue weighted by molar-refractivity contribution is 0.308. The monoisotopic (exact) mass is 288 g/mol.